The van der Waals surface area contributed by atoms with E-state index in [2.05, 4.69) is 0 Å². The Morgan fingerprint density at radius 3 is 2.14 bits per heavy atom. The van der Waals surface area contributed by atoms with Gasteiger partial charge in [-0.15, -0.1) is 0 Å². The fourth-order valence-corrected chi connectivity index (χ4v) is 5.45. The van der Waals surface area contributed by atoms with Gasteiger partial charge < -0.3 is 9.30 Å². The van der Waals surface area contributed by atoms with Gasteiger partial charge in [0.15, 0.2) is 6.61 Å². The van der Waals surface area contributed by atoms with Crippen LogP contribution in [0.3, 0.4) is 0 Å². The van der Waals surface area contributed by atoms with Gasteiger partial charge in [-0.1, -0.05) is 55.0 Å². The summed E-state index contributed by atoms with van der Waals surface area (Å²) in [7, 11) is 1.84. The molecule has 0 N–H and O–H groups in total. The minimum atomic E-state index is -0.665. The highest BCUT2D eigenvalue weighted by molar-refractivity contribution is 6.00. The van der Waals surface area contributed by atoms with Crippen LogP contribution in [0.5, 0.6) is 0 Å². The molecule has 2 aromatic heterocycles. The second-order valence-electron chi connectivity index (χ2n) is 9.83. The molecule has 1 saturated carbocycles. The van der Waals surface area contributed by atoms with Gasteiger partial charge >= 0.3 is 5.97 Å². The third-order valence-corrected chi connectivity index (χ3v) is 7.74. The van der Waals surface area contributed by atoms with Crippen LogP contribution in [-0.4, -0.2) is 32.3 Å². The van der Waals surface area contributed by atoms with Crippen molar-refractivity contribution in [1.29, 1.82) is 0 Å². The van der Waals surface area contributed by atoms with Gasteiger partial charge in [-0.3, -0.25) is 19.1 Å². The van der Waals surface area contributed by atoms with Crippen LogP contribution in [0.2, 0.25) is 0 Å². The number of Topliss-reactive ketones (excluding diaryl/α,β-unsaturated/α-hetero) is 1. The molecule has 0 amide bonds. The van der Waals surface area contributed by atoms with Crippen LogP contribution in [0.4, 0.5) is 0 Å². The summed E-state index contributed by atoms with van der Waals surface area (Å²) >= 11 is 0. The summed E-state index contributed by atoms with van der Waals surface area (Å²) in [5.74, 6) is -0.635. The number of ketones is 1. The number of hydrogen-bond donors (Lipinski definition) is 0. The Morgan fingerprint density at radius 2 is 1.54 bits per heavy atom. The Labute approximate surface area is 215 Å². The SMILES string of the molecule is Cc1cc(C(=O)COC(=O)C2(c3ccccc3)CCC2)c(C)n1-c1c(C)n(C)n(-c2ccccc2)c1=O. The predicted molar refractivity (Wildman–Crippen MR) is 142 cm³/mol. The highest BCUT2D eigenvalue weighted by atomic mass is 16.5. The Morgan fingerprint density at radius 1 is 0.919 bits per heavy atom. The van der Waals surface area contributed by atoms with E-state index in [9.17, 15) is 14.4 Å². The minimum Gasteiger partial charge on any atom is -0.457 e. The van der Waals surface area contributed by atoms with Crippen LogP contribution in [0, 0.1) is 20.8 Å². The molecule has 37 heavy (non-hydrogen) atoms. The van der Waals surface area contributed by atoms with E-state index in [1.165, 1.54) is 0 Å². The lowest BCUT2D eigenvalue weighted by Gasteiger charge is -2.39. The molecule has 1 aliphatic carbocycles. The quantitative estimate of drug-likeness (QED) is 0.273. The zero-order chi connectivity index (χ0) is 26.3. The lowest BCUT2D eigenvalue weighted by molar-refractivity contribution is -0.153. The van der Waals surface area contributed by atoms with E-state index in [-0.39, 0.29) is 23.9 Å². The van der Waals surface area contributed by atoms with E-state index in [1.807, 2.05) is 97.7 Å². The summed E-state index contributed by atoms with van der Waals surface area (Å²) in [4.78, 5) is 39.9. The van der Waals surface area contributed by atoms with E-state index in [0.29, 0.717) is 16.9 Å². The van der Waals surface area contributed by atoms with Crippen molar-refractivity contribution in [3.05, 3.63) is 105 Å². The van der Waals surface area contributed by atoms with Crippen molar-refractivity contribution in [2.24, 2.45) is 7.05 Å². The van der Waals surface area contributed by atoms with Gasteiger partial charge in [0.25, 0.3) is 5.56 Å². The molecule has 0 spiro atoms. The Bertz CT molecular complexity index is 1540. The van der Waals surface area contributed by atoms with Crippen LogP contribution >= 0.6 is 0 Å². The third kappa shape index (κ3) is 3.95. The van der Waals surface area contributed by atoms with Crippen molar-refractivity contribution in [3.63, 3.8) is 0 Å². The third-order valence-electron chi connectivity index (χ3n) is 7.74. The van der Waals surface area contributed by atoms with Gasteiger partial charge in [0.2, 0.25) is 5.78 Å². The maximum absolute atomic E-state index is 13.6. The summed E-state index contributed by atoms with van der Waals surface area (Å²) in [5, 5.41) is 0. The molecule has 4 aromatic rings. The monoisotopic (exact) mass is 497 g/mol. The van der Waals surface area contributed by atoms with E-state index >= 15 is 0 Å². The number of aryl methyl sites for hydroxylation is 1. The van der Waals surface area contributed by atoms with Gasteiger partial charge in [0.05, 0.1) is 16.8 Å². The Kier molecular flexibility index (Phi) is 6.23. The zero-order valence-corrected chi connectivity index (χ0v) is 21.7. The van der Waals surface area contributed by atoms with Crippen molar-refractivity contribution < 1.29 is 14.3 Å². The summed E-state index contributed by atoms with van der Waals surface area (Å²) in [6, 6.07) is 20.9. The van der Waals surface area contributed by atoms with E-state index in [4.69, 9.17) is 4.74 Å². The molecule has 1 aliphatic rings. The number of carbonyl (C=O) groups is 2. The summed E-state index contributed by atoms with van der Waals surface area (Å²) in [6.07, 6.45) is 2.40. The number of aromatic nitrogens is 3. The van der Waals surface area contributed by atoms with Crippen molar-refractivity contribution in [1.82, 2.24) is 13.9 Å². The molecular weight excluding hydrogens is 466 g/mol. The molecule has 0 aliphatic heterocycles. The van der Waals surface area contributed by atoms with Crippen LogP contribution in [0.15, 0.2) is 71.5 Å². The smallest absolute Gasteiger partial charge is 0.317 e. The maximum atomic E-state index is 13.6. The predicted octanol–water partition coefficient (Wildman–Crippen LogP) is 4.74. The topological polar surface area (TPSA) is 75.2 Å². The number of esters is 1. The van der Waals surface area contributed by atoms with Crippen molar-refractivity contribution in [3.8, 4) is 11.4 Å². The fraction of sp³-hybridized carbons (Fsp3) is 0.300. The maximum Gasteiger partial charge on any atom is 0.317 e. The molecular formula is C30H31N3O4. The van der Waals surface area contributed by atoms with Gasteiger partial charge in [-0.2, -0.15) is 0 Å². The molecule has 1 fully saturated rings. The van der Waals surface area contributed by atoms with Crippen molar-refractivity contribution >= 4 is 11.8 Å². The van der Waals surface area contributed by atoms with Crippen molar-refractivity contribution in [2.45, 2.75) is 45.4 Å². The molecule has 7 heteroatoms. The molecule has 2 aromatic carbocycles. The lowest BCUT2D eigenvalue weighted by atomic mass is 9.64. The van der Waals surface area contributed by atoms with Gasteiger partial charge in [-0.05, 0) is 57.4 Å². The van der Waals surface area contributed by atoms with Crippen LogP contribution < -0.4 is 5.56 Å². The van der Waals surface area contributed by atoms with Gasteiger partial charge in [-0.25, -0.2) is 4.68 Å². The number of para-hydroxylation sites is 1. The fourth-order valence-electron chi connectivity index (χ4n) is 5.45. The molecule has 7 nitrogen and oxygen atoms in total. The number of ether oxygens (including phenoxy) is 1. The van der Waals surface area contributed by atoms with Gasteiger partial charge in [0, 0.05) is 24.0 Å². The first-order chi connectivity index (χ1) is 17.8. The number of nitrogens with zero attached hydrogens (tertiary/aromatic N) is 3. The average molecular weight is 498 g/mol. The number of benzene rings is 2. The van der Waals surface area contributed by atoms with Gasteiger partial charge in [0.1, 0.15) is 5.69 Å². The largest absolute Gasteiger partial charge is 0.457 e. The molecule has 0 unspecified atom stereocenters. The van der Waals surface area contributed by atoms with E-state index in [0.717, 1.165) is 41.9 Å². The first-order valence-corrected chi connectivity index (χ1v) is 12.6. The Balaban J connectivity index is 1.42. The zero-order valence-electron chi connectivity index (χ0n) is 21.7. The van der Waals surface area contributed by atoms with Crippen LogP contribution in [0.1, 0.15) is 52.3 Å². The van der Waals surface area contributed by atoms with Crippen LogP contribution in [0.25, 0.3) is 11.4 Å². The number of rotatable bonds is 7. The molecule has 2 heterocycles. The number of hydrogen-bond acceptors (Lipinski definition) is 4. The summed E-state index contributed by atoms with van der Waals surface area (Å²) < 4.78 is 10.8. The summed E-state index contributed by atoms with van der Waals surface area (Å²) in [6.45, 7) is 5.24. The highest BCUT2D eigenvalue weighted by Crippen LogP contribution is 2.44. The highest BCUT2D eigenvalue weighted by Gasteiger charge is 2.47. The second kappa shape index (κ2) is 9.39. The second-order valence-corrected chi connectivity index (χ2v) is 9.83. The number of carbonyl (C=O) groups excluding carboxylic acids is 2. The lowest BCUT2D eigenvalue weighted by Crippen LogP contribution is -2.44. The first-order valence-electron chi connectivity index (χ1n) is 12.6. The molecule has 0 bridgehead atoms. The molecule has 0 radical (unpaired) electrons. The average Bonchev–Trinajstić information content (AvgIpc) is 3.28. The minimum absolute atomic E-state index is 0.173. The van der Waals surface area contributed by atoms with E-state index in [1.54, 1.807) is 10.7 Å². The van der Waals surface area contributed by atoms with Crippen molar-refractivity contribution in [2.75, 3.05) is 6.61 Å². The van der Waals surface area contributed by atoms with E-state index < -0.39 is 5.41 Å². The normalized spacial score (nSPS) is 14.3. The molecule has 5 rings (SSSR count). The molecule has 0 atom stereocenters. The standard InChI is InChI=1S/C30H31N3O4/c1-20-18-25(26(34)19-37-29(36)30(16-11-17-30)23-12-7-5-8-13-23)21(2)32(20)27-22(3)31(4)33(28(27)35)24-14-9-6-10-15-24/h5-10,12-15,18H,11,16-17,19H2,1-4H3. The summed E-state index contributed by atoms with van der Waals surface area (Å²) in [5.41, 5.74) is 3.98. The molecule has 190 valence electrons. The Hall–Kier alpha value is -4.13. The molecule has 0 saturated heterocycles. The first kappa shape index (κ1) is 24.6. The van der Waals surface area contributed by atoms with Crippen LogP contribution in [-0.2, 0) is 22.0 Å².